The van der Waals surface area contributed by atoms with Crippen LogP contribution in [-0.2, 0) is 10.2 Å². The molecule has 5 nitrogen and oxygen atoms in total. The van der Waals surface area contributed by atoms with E-state index in [0.717, 1.165) is 0 Å². The smallest absolute Gasteiger partial charge is 0.376 e. The Bertz CT molecular complexity index is 344. The molecular formula is C9H13N3O2. The molecule has 14 heavy (non-hydrogen) atoms. The highest BCUT2D eigenvalue weighted by Gasteiger charge is 2.19. The van der Waals surface area contributed by atoms with Crippen LogP contribution >= 0.6 is 0 Å². The van der Waals surface area contributed by atoms with Crippen molar-refractivity contribution in [3.05, 3.63) is 18.0 Å². The van der Waals surface area contributed by atoms with Crippen LogP contribution in [0.5, 0.6) is 0 Å². The Morgan fingerprint density at radius 3 is 2.50 bits per heavy atom. The van der Waals surface area contributed by atoms with Gasteiger partial charge in [0, 0.05) is 5.41 Å². The summed E-state index contributed by atoms with van der Waals surface area (Å²) in [4.78, 5) is 22.9. The average Bonchev–Trinajstić information content (AvgIpc) is 2.15. The Balaban J connectivity index is 3.08. The van der Waals surface area contributed by atoms with Gasteiger partial charge in [-0.3, -0.25) is 0 Å². The summed E-state index contributed by atoms with van der Waals surface area (Å²) in [5, 5.41) is 0. The predicted octanol–water partition coefficient (Wildman–Crippen LogP) is 0.956. The summed E-state index contributed by atoms with van der Waals surface area (Å²) in [5.41, 5.74) is -0.203. The van der Waals surface area contributed by atoms with E-state index in [4.69, 9.17) is 0 Å². The number of ether oxygens (including phenoxy) is 1. The van der Waals surface area contributed by atoms with Gasteiger partial charge in [0.05, 0.1) is 7.11 Å². The van der Waals surface area contributed by atoms with Crippen molar-refractivity contribution in [3.8, 4) is 0 Å². The molecule has 0 amide bonds. The third-order valence-corrected chi connectivity index (χ3v) is 1.61. The summed E-state index contributed by atoms with van der Waals surface area (Å²) in [6.07, 6.45) is 1.32. The summed E-state index contributed by atoms with van der Waals surface area (Å²) >= 11 is 0. The highest BCUT2D eigenvalue weighted by molar-refractivity contribution is 5.84. The molecule has 1 rings (SSSR count). The molecule has 0 aromatic carbocycles. The first-order chi connectivity index (χ1) is 6.45. The topological polar surface area (TPSA) is 65.0 Å². The van der Waals surface area contributed by atoms with Crippen LogP contribution in [0, 0.1) is 0 Å². The molecule has 1 aromatic heterocycles. The van der Waals surface area contributed by atoms with Gasteiger partial charge in [-0.1, -0.05) is 20.8 Å². The molecule has 1 aromatic rings. The van der Waals surface area contributed by atoms with Crippen LogP contribution in [0.25, 0.3) is 0 Å². The Morgan fingerprint density at radius 2 is 2.00 bits per heavy atom. The predicted molar refractivity (Wildman–Crippen MR) is 49.9 cm³/mol. The highest BCUT2D eigenvalue weighted by atomic mass is 16.5. The molecule has 0 bridgehead atoms. The lowest BCUT2D eigenvalue weighted by Gasteiger charge is -2.15. The highest BCUT2D eigenvalue weighted by Crippen LogP contribution is 2.16. The molecule has 0 saturated carbocycles. The fourth-order valence-electron chi connectivity index (χ4n) is 0.847. The molecular weight excluding hydrogens is 182 g/mol. The lowest BCUT2D eigenvalue weighted by atomic mass is 9.96. The minimum Gasteiger partial charge on any atom is -0.463 e. The van der Waals surface area contributed by atoms with Gasteiger partial charge < -0.3 is 4.74 Å². The third-order valence-electron chi connectivity index (χ3n) is 1.61. The molecule has 0 fully saturated rings. The lowest BCUT2D eigenvalue weighted by molar-refractivity contribution is 0.0585. The van der Waals surface area contributed by atoms with Gasteiger partial charge in [-0.2, -0.15) is 0 Å². The maximum Gasteiger partial charge on any atom is 0.376 e. The second kappa shape index (κ2) is 3.69. The Labute approximate surface area is 82.6 Å². The van der Waals surface area contributed by atoms with Crippen LogP contribution in [0.4, 0.5) is 0 Å². The van der Waals surface area contributed by atoms with E-state index < -0.39 is 5.97 Å². The van der Waals surface area contributed by atoms with Crippen molar-refractivity contribution in [2.45, 2.75) is 26.2 Å². The molecule has 0 aliphatic carbocycles. The standard InChI is InChI=1S/C9H13N3O2/c1-9(2,3)8-11-5-10-6(12-8)7(13)14-4/h5H,1-4H3. The van der Waals surface area contributed by atoms with E-state index in [1.807, 2.05) is 20.8 Å². The fraction of sp³-hybridized carbons (Fsp3) is 0.556. The molecule has 0 atom stereocenters. The van der Waals surface area contributed by atoms with Crippen molar-refractivity contribution in [1.82, 2.24) is 15.0 Å². The molecule has 1 heterocycles. The monoisotopic (exact) mass is 195 g/mol. The first-order valence-electron chi connectivity index (χ1n) is 4.23. The zero-order valence-corrected chi connectivity index (χ0v) is 8.74. The maximum absolute atomic E-state index is 11.1. The second-order valence-corrected chi connectivity index (χ2v) is 3.87. The van der Waals surface area contributed by atoms with Gasteiger partial charge in [0.25, 0.3) is 0 Å². The van der Waals surface area contributed by atoms with Gasteiger partial charge in [-0.05, 0) is 0 Å². The van der Waals surface area contributed by atoms with Gasteiger partial charge in [0.2, 0.25) is 5.82 Å². The fourth-order valence-corrected chi connectivity index (χ4v) is 0.847. The molecule has 0 N–H and O–H groups in total. The number of rotatable bonds is 1. The number of hydrogen-bond donors (Lipinski definition) is 0. The van der Waals surface area contributed by atoms with E-state index >= 15 is 0 Å². The van der Waals surface area contributed by atoms with Gasteiger partial charge >= 0.3 is 5.97 Å². The number of aromatic nitrogens is 3. The zero-order chi connectivity index (χ0) is 10.8. The second-order valence-electron chi connectivity index (χ2n) is 3.87. The Hall–Kier alpha value is -1.52. The van der Waals surface area contributed by atoms with Crippen molar-refractivity contribution in [2.75, 3.05) is 7.11 Å². The minimum absolute atomic E-state index is 0.0485. The lowest BCUT2D eigenvalue weighted by Crippen LogP contribution is -2.19. The molecule has 0 aliphatic rings. The van der Waals surface area contributed by atoms with Crippen LogP contribution in [0.2, 0.25) is 0 Å². The van der Waals surface area contributed by atoms with Crippen LogP contribution in [0.15, 0.2) is 6.33 Å². The number of nitrogens with zero attached hydrogens (tertiary/aromatic N) is 3. The molecule has 5 heteroatoms. The number of hydrogen-bond acceptors (Lipinski definition) is 5. The largest absolute Gasteiger partial charge is 0.463 e. The van der Waals surface area contributed by atoms with Crippen molar-refractivity contribution in [2.24, 2.45) is 0 Å². The molecule has 0 aliphatic heterocycles. The van der Waals surface area contributed by atoms with E-state index in [9.17, 15) is 4.79 Å². The van der Waals surface area contributed by atoms with Gasteiger partial charge in [-0.15, -0.1) is 0 Å². The number of carbonyl (C=O) groups excluding carboxylic acids is 1. The number of carbonyl (C=O) groups is 1. The average molecular weight is 195 g/mol. The summed E-state index contributed by atoms with van der Waals surface area (Å²) in [5.74, 6) is 0.0817. The molecule has 0 unspecified atom stereocenters. The van der Waals surface area contributed by atoms with Gasteiger partial charge in [0.15, 0.2) is 0 Å². The summed E-state index contributed by atoms with van der Waals surface area (Å²) in [7, 11) is 1.29. The van der Waals surface area contributed by atoms with Crippen LogP contribution < -0.4 is 0 Å². The molecule has 0 saturated heterocycles. The number of esters is 1. The third kappa shape index (κ3) is 2.25. The van der Waals surface area contributed by atoms with Crippen molar-refractivity contribution in [1.29, 1.82) is 0 Å². The number of methoxy groups -OCH3 is 1. The SMILES string of the molecule is COC(=O)c1ncnc(C(C)(C)C)n1. The first-order valence-corrected chi connectivity index (χ1v) is 4.23. The van der Waals surface area contributed by atoms with E-state index in [-0.39, 0.29) is 11.2 Å². The summed E-state index contributed by atoms with van der Waals surface area (Å²) in [6, 6.07) is 0. The molecule has 0 spiro atoms. The molecule has 76 valence electrons. The van der Waals surface area contributed by atoms with E-state index in [2.05, 4.69) is 19.7 Å². The Morgan fingerprint density at radius 1 is 1.36 bits per heavy atom. The van der Waals surface area contributed by atoms with Crippen molar-refractivity contribution >= 4 is 5.97 Å². The van der Waals surface area contributed by atoms with E-state index in [1.54, 1.807) is 0 Å². The minimum atomic E-state index is -0.544. The maximum atomic E-state index is 11.1. The van der Waals surface area contributed by atoms with Crippen LogP contribution in [0.3, 0.4) is 0 Å². The van der Waals surface area contributed by atoms with Crippen molar-refractivity contribution in [3.63, 3.8) is 0 Å². The Kier molecular flexibility index (Phi) is 2.78. The molecule has 0 radical (unpaired) electrons. The van der Waals surface area contributed by atoms with Crippen molar-refractivity contribution < 1.29 is 9.53 Å². The van der Waals surface area contributed by atoms with Gasteiger partial charge in [-0.25, -0.2) is 19.7 Å². The summed E-state index contributed by atoms with van der Waals surface area (Å²) in [6.45, 7) is 5.89. The zero-order valence-electron chi connectivity index (χ0n) is 8.74. The van der Waals surface area contributed by atoms with Gasteiger partial charge in [0.1, 0.15) is 12.2 Å². The van der Waals surface area contributed by atoms with Crippen LogP contribution in [-0.4, -0.2) is 28.0 Å². The van der Waals surface area contributed by atoms with E-state index in [1.165, 1.54) is 13.4 Å². The first kappa shape index (κ1) is 10.6. The summed E-state index contributed by atoms with van der Waals surface area (Å²) < 4.78 is 4.51. The normalized spacial score (nSPS) is 11.1. The van der Waals surface area contributed by atoms with Crippen LogP contribution in [0.1, 0.15) is 37.2 Å². The quantitative estimate of drug-likeness (QED) is 0.624. The van der Waals surface area contributed by atoms with E-state index in [0.29, 0.717) is 5.82 Å².